The number of benzene rings is 1. The van der Waals surface area contributed by atoms with Gasteiger partial charge in [-0.05, 0) is 37.1 Å². The summed E-state index contributed by atoms with van der Waals surface area (Å²) in [7, 11) is 1.69. The summed E-state index contributed by atoms with van der Waals surface area (Å²) in [5.74, 6) is 2.28. The van der Waals surface area contributed by atoms with Gasteiger partial charge in [0.15, 0.2) is 17.3 Å². The Morgan fingerprint density at radius 1 is 1.22 bits per heavy atom. The van der Waals surface area contributed by atoms with Crippen LogP contribution in [0.2, 0.25) is 0 Å². The van der Waals surface area contributed by atoms with Crippen molar-refractivity contribution in [3.63, 3.8) is 0 Å². The van der Waals surface area contributed by atoms with E-state index in [0.717, 1.165) is 12.0 Å². The van der Waals surface area contributed by atoms with Gasteiger partial charge in [-0.25, -0.2) is 0 Å². The maximum Gasteiger partial charge on any atom is 0.246 e. The van der Waals surface area contributed by atoms with Crippen LogP contribution in [-0.2, 0) is 17.8 Å². The third kappa shape index (κ3) is 6.13. The quantitative estimate of drug-likeness (QED) is 0.593. The Hall–Kier alpha value is -2.83. The molecule has 1 aromatic heterocycles. The van der Waals surface area contributed by atoms with E-state index in [-0.39, 0.29) is 12.5 Å². The third-order valence-corrected chi connectivity index (χ3v) is 3.72. The van der Waals surface area contributed by atoms with E-state index >= 15 is 0 Å². The van der Waals surface area contributed by atoms with E-state index < -0.39 is 0 Å². The Morgan fingerprint density at radius 2 is 2.04 bits per heavy atom. The molecule has 1 amide bonds. The summed E-state index contributed by atoms with van der Waals surface area (Å²) in [6.07, 6.45) is 4.88. The van der Waals surface area contributed by atoms with Crippen molar-refractivity contribution in [2.45, 2.75) is 40.2 Å². The third-order valence-electron chi connectivity index (χ3n) is 3.72. The summed E-state index contributed by atoms with van der Waals surface area (Å²) in [6.45, 7) is 7.36. The molecular formula is C20H27N3O4. The summed E-state index contributed by atoms with van der Waals surface area (Å²) in [5, 5.41) is 3.83. The van der Waals surface area contributed by atoms with Crippen molar-refractivity contribution in [1.29, 1.82) is 0 Å². The van der Waals surface area contributed by atoms with Crippen LogP contribution in [0, 0.1) is 0 Å². The van der Waals surface area contributed by atoms with Crippen molar-refractivity contribution >= 4 is 12.0 Å². The Balaban J connectivity index is 2.02. The Kier molecular flexibility index (Phi) is 7.85. The van der Waals surface area contributed by atoms with Crippen LogP contribution >= 0.6 is 0 Å². The van der Waals surface area contributed by atoms with Crippen molar-refractivity contribution in [3.8, 4) is 11.5 Å². The molecule has 0 saturated heterocycles. The highest BCUT2D eigenvalue weighted by atomic mass is 16.5. The number of carbonyl (C=O) groups is 1. The SMILES string of the molecule is CCCOc1ccc(/C=C/C(=O)N(C)Cc2nc(CC)no2)cc1OCC. The van der Waals surface area contributed by atoms with Crippen LogP contribution < -0.4 is 9.47 Å². The topological polar surface area (TPSA) is 77.7 Å². The molecule has 0 saturated carbocycles. The van der Waals surface area contributed by atoms with Crippen LogP contribution in [0.15, 0.2) is 28.8 Å². The highest BCUT2D eigenvalue weighted by molar-refractivity contribution is 5.91. The van der Waals surface area contributed by atoms with Gasteiger partial charge in [0.05, 0.1) is 19.8 Å². The predicted octanol–water partition coefficient (Wildman–Crippen LogP) is 3.49. The second kappa shape index (κ2) is 10.4. The Labute approximate surface area is 160 Å². The van der Waals surface area contributed by atoms with Crippen molar-refractivity contribution in [1.82, 2.24) is 15.0 Å². The monoisotopic (exact) mass is 373 g/mol. The first-order valence-electron chi connectivity index (χ1n) is 9.21. The number of rotatable bonds is 10. The lowest BCUT2D eigenvalue weighted by Crippen LogP contribution is -2.24. The van der Waals surface area contributed by atoms with Gasteiger partial charge >= 0.3 is 0 Å². The fraction of sp³-hybridized carbons (Fsp3) is 0.450. The Bertz CT molecular complexity index is 770. The maximum atomic E-state index is 12.3. The minimum Gasteiger partial charge on any atom is -0.490 e. The van der Waals surface area contributed by atoms with Crippen LogP contribution in [0.25, 0.3) is 6.08 Å². The van der Waals surface area contributed by atoms with Crippen molar-refractivity contribution in [2.75, 3.05) is 20.3 Å². The molecule has 0 spiro atoms. The molecule has 146 valence electrons. The fourth-order valence-corrected chi connectivity index (χ4v) is 2.30. The van der Waals surface area contributed by atoms with Crippen molar-refractivity contribution in [2.24, 2.45) is 0 Å². The molecular weight excluding hydrogens is 346 g/mol. The van der Waals surface area contributed by atoms with E-state index in [2.05, 4.69) is 17.1 Å². The van der Waals surface area contributed by atoms with Crippen LogP contribution in [-0.4, -0.2) is 41.2 Å². The number of aromatic nitrogens is 2. The lowest BCUT2D eigenvalue weighted by Gasteiger charge is -2.13. The average Bonchev–Trinajstić information content (AvgIpc) is 3.13. The largest absolute Gasteiger partial charge is 0.490 e. The summed E-state index contributed by atoms with van der Waals surface area (Å²) in [6, 6.07) is 5.62. The van der Waals surface area contributed by atoms with E-state index in [9.17, 15) is 4.79 Å². The van der Waals surface area contributed by atoms with Gasteiger partial charge in [-0.2, -0.15) is 4.98 Å². The van der Waals surface area contributed by atoms with Gasteiger partial charge in [-0.3, -0.25) is 4.79 Å². The molecule has 0 atom stereocenters. The van der Waals surface area contributed by atoms with Crippen molar-refractivity contribution in [3.05, 3.63) is 41.6 Å². The summed E-state index contributed by atoms with van der Waals surface area (Å²) in [4.78, 5) is 18.0. The number of amides is 1. The molecule has 1 heterocycles. The van der Waals surface area contributed by atoms with E-state index in [1.807, 2.05) is 32.0 Å². The van der Waals surface area contributed by atoms with E-state index in [4.69, 9.17) is 14.0 Å². The molecule has 27 heavy (non-hydrogen) atoms. The number of hydrogen-bond donors (Lipinski definition) is 0. The standard InChI is InChI=1S/C20H27N3O4/c1-5-12-26-16-10-8-15(13-17(16)25-7-3)9-11-20(24)23(4)14-19-21-18(6-2)22-27-19/h8-11,13H,5-7,12,14H2,1-4H3/b11-9+. The highest BCUT2D eigenvalue weighted by Gasteiger charge is 2.11. The zero-order valence-corrected chi connectivity index (χ0v) is 16.4. The van der Waals surface area contributed by atoms with Gasteiger partial charge in [-0.15, -0.1) is 0 Å². The molecule has 1 aromatic carbocycles. The molecule has 7 nitrogen and oxygen atoms in total. The Morgan fingerprint density at radius 3 is 2.70 bits per heavy atom. The van der Waals surface area contributed by atoms with Gasteiger partial charge in [0, 0.05) is 19.5 Å². The van der Waals surface area contributed by atoms with Gasteiger partial charge in [0.2, 0.25) is 11.8 Å². The molecule has 0 N–H and O–H groups in total. The first-order chi connectivity index (χ1) is 13.1. The molecule has 0 aliphatic carbocycles. The number of hydrogen-bond acceptors (Lipinski definition) is 6. The lowest BCUT2D eigenvalue weighted by atomic mass is 10.2. The van der Waals surface area contributed by atoms with Crippen LogP contribution in [0.4, 0.5) is 0 Å². The zero-order valence-electron chi connectivity index (χ0n) is 16.4. The van der Waals surface area contributed by atoms with Crippen LogP contribution in [0.5, 0.6) is 11.5 Å². The van der Waals surface area contributed by atoms with Gasteiger partial charge < -0.3 is 18.9 Å². The number of aryl methyl sites for hydroxylation is 1. The highest BCUT2D eigenvalue weighted by Crippen LogP contribution is 2.29. The molecule has 0 bridgehead atoms. The second-order valence-corrected chi connectivity index (χ2v) is 5.97. The minimum absolute atomic E-state index is 0.157. The summed E-state index contributed by atoms with van der Waals surface area (Å²) >= 11 is 0. The minimum atomic E-state index is -0.157. The van der Waals surface area contributed by atoms with E-state index in [1.165, 1.54) is 11.0 Å². The van der Waals surface area contributed by atoms with E-state index in [0.29, 0.717) is 42.8 Å². The first kappa shape index (κ1) is 20.5. The molecule has 2 aromatic rings. The first-order valence-corrected chi connectivity index (χ1v) is 9.21. The number of carbonyl (C=O) groups excluding carboxylic acids is 1. The fourth-order valence-electron chi connectivity index (χ4n) is 2.30. The van der Waals surface area contributed by atoms with Crippen molar-refractivity contribution < 1.29 is 18.8 Å². The molecule has 0 radical (unpaired) electrons. The zero-order chi connectivity index (χ0) is 19.6. The van der Waals surface area contributed by atoms with Crippen LogP contribution in [0.1, 0.15) is 44.5 Å². The summed E-state index contributed by atoms with van der Waals surface area (Å²) < 4.78 is 16.4. The number of likely N-dealkylation sites (N-methyl/N-ethyl adjacent to an activating group) is 1. The second-order valence-electron chi connectivity index (χ2n) is 5.97. The maximum absolute atomic E-state index is 12.3. The molecule has 0 aliphatic rings. The molecule has 0 fully saturated rings. The normalized spacial score (nSPS) is 11.0. The molecule has 0 unspecified atom stereocenters. The smallest absolute Gasteiger partial charge is 0.246 e. The van der Waals surface area contributed by atoms with Gasteiger partial charge in [0.1, 0.15) is 0 Å². The van der Waals surface area contributed by atoms with Gasteiger partial charge in [-0.1, -0.05) is 25.1 Å². The average molecular weight is 373 g/mol. The van der Waals surface area contributed by atoms with Gasteiger partial charge in [0.25, 0.3) is 0 Å². The number of nitrogens with zero attached hydrogens (tertiary/aromatic N) is 3. The van der Waals surface area contributed by atoms with E-state index in [1.54, 1.807) is 13.1 Å². The summed E-state index contributed by atoms with van der Waals surface area (Å²) in [5.41, 5.74) is 0.857. The lowest BCUT2D eigenvalue weighted by molar-refractivity contribution is -0.125. The molecule has 7 heteroatoms. The molecule has 2 rings (SSSR count). The van der Waals surface area contributed by atoms with Crippen LogP contribution in [0.3, 0.4) is 0 Å². The molecule has 0 aliphatic heterocycles. The number of ether oxygens (including phenoxy) is 2. The predicted molar refractivity (Wildman–Crippen MR) is 103 cm³/mol.